The van der Waals surface area contributed by atoms with Crippen LogP contribution in [0.3, 0.4) is 0 Å². The van der Waals surface area contributed by atoms with E-state index >= 15 is 0 Å². The summed E-state index contributed by atoms with van der Waals surface area (Å²) in [5.41, 5.74) is 4.59. The molecule has 2 aromatic rings. The van der Waals surface area contributed by atoms with Crippen LogP contribution in [-0.2, 0) is 11.2 Å². The van der Waals surface area contributed by atoms with Crippen LogP contribution in [0.4, 0.5) is 11.4 Å². The molecule has 1 atom stereocenters. The Kier molecular flexibility index (Phi) is 6.78. The van der Waals surface area contributed by atoms with Crippen molar-refractivity contribution >= 4 is 17.3 Å². The van der Waals surface area contributed by atoms with E-state index in [0.29, 0.717) is 18.9 Å². The highest BCUT2D eigenvalue weighted by Crippen LogP contribution is 2.27. The molecule has 6 heteroatoms. The number of aliphatic hydroxyl groups is 1. The van der Waals surface area contributed by atoms with Crippen molar-refractivity contribution < 1.29 is 14.6 Å². The lowest BCUT2D eigenvalue weighted by molar-refractivity contribution is -0.116. The quantitative estimate of drug-likeness (QED) is 0.716. The van der Waals surface area contributed by atoms with Gasteiger partial charge in [0.15, 0.2) is 0 Å². The molecule has 2 aliphatic heterocycles. The summed E-state index contributed by atoms with van der Waals surface area (Å²) in [6.45, 7) is 9.10. The van der Waals surface area contributed by atoms with E-state index in [2.05, 4.69) is 53.2 Å². The van der Waals surface area contributed by atoms with Gasteiger partial charge in [-0.2, -0.15) is 0 Å². The number of amides is 1. The summed E-state index contributed by atoms with van der Waals surface area (Å²) in [6, 6.07) is 14.6. The Morgan fingerprint density at radius 3 is 2.48 bits per heavy atom. The largest absolute Gasteiger partial charge is 0.491 e. The molecule has 2 aromatic carbocycles. The van der Waals surface area contributed by atoms with Crippen LogP contribution in [0.15, 0.2) is 42.5 Å². The minimum atomic E-state index is -0.535. The van der Waals surface area contributed by atoms with Gasteiger partial charge in [0.25, 0.3) is 0 Å². The Balaban J connectivity index is 1.21. The number of β-amino-alcohol motifs (C(OH)–C–C–N with tert-alkyl or cyclic N) is 1. The molecule has 0 spiro atoms. The molecule has 2 N–H and O–H groups in total. The number of aryl methyl sites for hydroxylation is 1. The van der Waals surface area contributed by atoms with Crippen molar-refractivity contribution in [2.45, 2.75) is 38.7 Å². The van der Waals surface area contributed by atoms with E-state index in [0.717, 1.165) is 49.6 Å². The van der Waals surface area contributed by atoms with Crippen molar-refractivity contribution in [1.29, 1.82) is 0 Å². The first-order valence-electron chi connectivity index (χ1n) is 11.3. The Labute approximate surface area is 184 Å². The molecule has 2 heterocycles. The van der Waals surface area contributed by atoms with Crippen molar-refractivity contribution in [2.24, 2.45) is 0 Å². The average molecular weight is 424 g/mol. The van der Waals surface area contributed by atoms with Gasteiger partial charge in [0.1, 0.15) is 18.5 Å². The number of carbonyl (C=O) groups excluding carboxylic acids is 1. The fraction of sp³-hybridized carbons (Fsp3) is 0.480. The maximum absolute atomic E-state index is 11.5. The van der Waals surface area contributed by atoms with Gasteiger partial charge in [0.2, 0.25) is 5.91 Å². The number of fused-ring (bicyclic) bond motifs is 1. The van der Waals surface area contributed by atoms with Crippen molar-refractivity contribution in [1.82, 2.24) is 4.90 Å². The van der Waals surface area contributed by atoms with E-state index in [9.17, 15) is 9.90 Å². The van der Waals surface area contributed by atoms with Gasteiger partial charge in [-0.1, -0.05) is 26.0 Å². The van der Waals surface area contributed by atoms with Crippen LogP contribution in [0.25, 0.3) is 0 Å². The van der Waals surface area contributed by atoms with Crippen LogP contribution in [0.1, 0.15) is 37.3 Å². The van der Waals surface area contributed by atoms with E-state index < -0.39 is 6.10 Å². The zero-order valence-electron chi connectivity index (χ0n) is 18.5. The molecule has 1 saturated heterocycles. The smallest absolute Gasteiger partial charge is 0.224 e. The van der Waals surface area contributed by atoms with Crippen molar-refractivity contribution in [3.8, 4) is 5.75 Å². The first-order chi connectivity index (χ1) is 15.0. The molecule has 1 amide bonds. The second-order valence-corrected chi connectivity index (χ2v) is 8.87. The van der Waals surface area contributed by atoms with Crippen molar-refractivity contribution in [2.75, 3.05) is 49.5 Å². The summed E-state index contributed by atoms with van der Waals surface area (Å²) in [6.07, 6.45) is 0.700. The van der Waals surface area contributed by atoms with Crippen LogP contribution >= 0.6 is 0 Å². The highest BCUT2D eigenvalue weighted by Gasteiger charge is 2.20. The number of hydrogen-bond donors (Lipinski definition) is 2. The molecule has 0 aromatic heterocycles. The fourth-order valence-electron chi connectivity index (χ4n) is 4.25. The Morgan fingerprint density at radius 2 is 1.77 bits per heavy atom. The van der Waals surface area contributed by atoms with Gasteiger partial charge >= 0.3 is 0 Å². The molecular formula is C25H33N3O3. The number of aliphatic hydroxyl groups excluding tert-OH is 1. The maximum Gasteiger partial charge on any atom is 0.224 e. The highest BCUT2D eigenvalue weighted by molar-refractivity contribution is 5.94. The highest BCUT2D eigenvalue weighted by atomic mass is 16.5. The number of ether oxygens (including phenoxy) is 1. The topological polar surface area (TPSA) is 65.0 Å². The first-order valence-corrected chi connectivity index (χ1v) is 11.3. The van der Waals surface area contributed by atoms with Gasteiger partial charge in [0.05, 0.1) is 0 Å². The number of carbonyl (C=O) groups is 1. The van der Waals surface area contributed by atoms with Gasteiger partial charge in [-0.3, -0.25) is 9.69 Å². The van der Waals surface area contributed by atoms with E-state index in [-0.39, 0.29) is 12.5 Å². The number of piperazine rings is 1. The summed E-state index contributed by atoms with van der Waals surface area (Å²) in [5, 5.41) is 13.3. The zero-order valence-corrected chi connectivity index (χ0v) is 18.5. The third-order valence-corrected chi connectivity index (χ3v) is 6.18. The second-order valence-electron chi connectivity index (χ2n) is 8.87. The summed E-state index contributed by atoms with van der Waals surface area (Å²) in [5.74, 6) is 1.35. The molecule has 1 unspecified atom stereocenters. The predicted molar refractivity (Wildman–Crippen MR) is 124 cm³/mol. The van der Waals surface area contributed by atoms with Gasteiger partial charge in [-0.25, -0.2) is 0 Å². The van der Waals surface area contributed by atoms with Crippen LogP contribution < -0.4 is 15.0 Å². The first kappa shape index (κ1) is 21.7. The Morgan fingerprint density at radius 1 is 1.03 bits per heavy atom. The minimum Gasteiger partial charge on any atom is -0.491 e. The van der Waals surface area contributed by atoms with E-state index in [4.69, 9.17) is 4.74 Å². The third kappa shape index (κ3) is 5.57. The molecule has 0 bridgehead atoms. The SMILES string of the molecule is CC(C)c1ccc(N2CCN(CC(O)COc3ccc4c(c3)CCC(=O)N4)CC2)cc1. The summed E-state index contributed by atoms with van der Waals surface area (Å²) in [7, 11) is 0. The molecule has 166 valence electrons. The summed E-state index contributed by atoms with van der Waals surface area (Å²) >= 11 is 0. The molecule has 1 fully saturated rings. The fourth-order valence-corrected chi connectivity index (χ4v) is 4.25. The summed E-state index contributed by atoms with van der Waals surface area (Å²) < 4.78 is 5.82. The molecule has 0 aliphatic carbocycles. The Bertz CT molecular complexity index is 889. The normalized spacial score (nSPS) is 17.9. The Hall–Kier alpha value is -2.57. The third-order valence-electron chi connectivity index (χ3n) is 6.18. The van der Waals surface area contributed by atoms with Crippen molar-refractivity contribution in [3.05, 3.63) is 53.6 Å². The van der Waals surface area contributed by atoms with Gasteiger partial charge in [0, 0.05) is 50.5 Å². The number of rotatable bonds is 7. The lowest BCUT2D eigenvalue weighted by atomic mass is 10.0. The molecular weight excluding hydrogens is 390 g/mol. The summed E-state index contributed by atoms with van der Waals surface area (Å²) in [4.78, 5) is 16.2. The van der Waals surface area contributed by atoms with Crippen molar-refractivity contribution in [3.63, 3.8) is 0 Å². The average Bonchev–Trinajstić information content (AvgIpc) is 2.78. The molecule has 31 heavy (non-hydrogen) atoms. The second kappa shape index (κ2) is 9.71. The van der Waals surface area contributed by atoms with E-state index in [1.54, 1.807) is 0 Å². The molecule has 0 radical (unpaired) electrons. The zero-order chi connectivity index (χ0) is 21.8. The lowest BCUT2D eigenvalue weighted by Crippen LogP contribution is -2.49. The van der Waals surface area contributed by atoms with Crippen LogP contribution in [-0.4, -0.2) is 61.3 Å². The number of nitrogens with one attached hydrogen (secondary N) is 1. The molecule has 0 saturated carbocycles. The van der Waals surface area contributed by atoms with Gasteiger partial charge in [-0.05, 0) is 53.8 Å². The number of benzene rings is 2. The molecule has 6 nitrogen and oxygen atoms in total. The molecule has 2 aliphatic rings. The standard InChI is InChI=1S/C25H33N3O3/c1-18(2)19-3-6-21(7-4-19)28-13-11-27(12-14-28)16-22(29)17-31-23-8-9-24-20(15-23)5-10-25(30)26-24/h3-4,6-9,15,18,22,29H,5,10-14,16-17H2,1-2H3,(H,26,30). The van der Waals surface area contributed by atoms with Crippen LogP contribution in [0.5, 0.6) is 5.75 Å². The van der Waals surface area contributed by atoms with Crippen LogP contribution in [0, 0.1) is 0 Å². The number of anilines is 2. The number of nitrogens with zero attached hydrogens (tertiary/aromatic N) is 2. The van der Waals surface area contributed by atoms with Crippen LogP contribution in [0.2, 0.25) is 0 Å². The van der Waals surface area contributed by atoms with E-state index in [1.807, 2.05) is 18.2 Å². The molecule has 4 rings (SSSR count). The van der Waals surface area contributed by atoms with Gasteiger partial charge < -0.3 is 20.1 Å². The lowest BCUT2D eigenvalue weighted by Gasteiger charge is -2.37. The maximum atomic E-state index is 11.5. The predicted octanol–water partition coefficient (Wildman–Crippen LogP) is 3.26. The monoisotopic (exact) mass is 423 g/mol. The van der Waals surface area contributed by atoms with Gasteiger partial charge in [-0.15, -0.1) is 0 Å². The minimum absolute atomic E-state index is 0.0595. The van der Waals surface area contributed by atoms with E-state index in [1.165, 1.54) is 11.3 Å². The number of hydrogen-bond acceptors (Lipinski definition) is 5.